The highest BCUT2D eigenvalue weighted by atomic mass is 19.1. The van der Waals surface area contributed by atoms with Gasteiger partial charge in [-0.25, -0.2) is 8.78 Å². The number of rotatable bonds is 4. The van der Waals surface area contributed by atoms with Gasteiger partial charge in [-0.15, -0.1) is 0 Å². The summed E-state index contributed by atoms with van der Waals surface area (Å²) < 4.78 is 27.0. The van der Waals surface area contributed by atoms with Gasteiger partial charge in [0, 0.05) is 25.2 Å². The summed E-state index contributed by atoms with van der Waals surface area (Å²) >= 11 is 0. The molecule has 114 valence electrons. The summed E-state index contributed by atoms with van der Waals surface area (Å²) in [6.07, 6.45) is 1.03. The third-order valence-electron chi connectivity index (χ3n) is 3.79. The molecule has 0 radical (unpaired) electrons. The summed E-state index contributed by atoms with van der Waals surface area (Å²) in [5.74, 6) is -1.35. The van der Waals surface area contributed by atoms with Crippen molar-refractivity contribution >= 4 is 17.3 Å². The first-order valence-corrected chi connectivity index (χ1v) is 7.23. The van der Waals surface area contributed by atoms with E-state index in [1.165, 1.54) is 18.2 Å². The Labute approximate surface area is 127 Å². The van der Waals surface area contributed by atoms with Crippen molar-refractivity contribution in [1.82, 2.24) is 0 Å². The second kappa shape index (κ2) is 6.13. The number of halogens is 2. The SMILES string of the molecule is O=C(CCNc1c(F)cccc1F)N1CCc2ccccc21. The molecule has 2 aromatic carbocycles. The molecular formula is C17H16F2N2O. The van der Waals surface area contributed by atoms with E-state index in [-0.39, 0.29) is 24.6 Å². The van der Waals surface area contributed by atoms with Crippen molar-refractivity contribution in [3.8, 4) is 0 Å². The molecule has 0 fully saturated rings. The summed E-state index contributed by atoms with van der Waals surface area (Å²) in [4.78, 5) is 14.0. The maximum absolute atomic E-state index is 13.5. The van der Waals surface area contributed by atoms with Gasteiger partial charge in [-0.2, -0.15) is 0 Å². The minimum Gasteiger partial charge on any atom is -0.380 e. The summed E-state index contributed by atoms with van der Waals surface area (Å²) in [5.41, 5.74) is 1.91. The maximum atomic E-state index is 13.5. The number of carbonyl (C=O) groups is 1. The summed E-state index contributed by atoms with van der Waals surface area (Å²) in [6, 6.07) is 11.5. The molecule has 0 atom stereocenters. The second-order valence-corrected chi connectivity index (χ2v) is 5.20. The number of para-hydroxylation sites is 2. The first kappa shape index (κ1) is 14.5. The molecule has 2 aromatic rings. The molecule has 0 saturated carbocycles. The lowest BCUT2D eigenvalue weighted by atomic mass is 10.2. The number of hydrogen-bond acceptors (Lipinski definition) is 2. The number of benzene rings is 2. The first-order valence-electron chi connectivity index (χ1n) is 7.23. The predicted octanol–water partition coefficient (Wildman–Crippen LogP) is 3.36. The van der Waals surface area contributed by atoms with E-state index < -0.39 is 11.6 Å². The quantitative estimate of drug-likeness (QED) is 0.939. The van der Waals surface area contributed by atoms with Crippen molar-refractivity contribution in [2.24, 2.45) is 0 Å². The zero-order chi connectivity index (χ0) is 15.5. The van der Waals surface area contributed by atoms with E-state index in [0.717, 1.165) is 17.7 Å². The van der Waals surface area contributed by atoms with Gasteiger partial charge in [-0.3, -0.25) is 4.79 Å². The molecule has 3 rings (SSSR count). The third-order valence-corrected chi connectivity index (χ3v) is 3.79. The van der Waals surface area contributed by atoms with Crippen LogP contribution >= 0.6 is 0 Å². The fraction of sp³-hybridized carbons (Fsp3) is 0.235. The first-order chi connectivity index (χ1) is 10.7. The van der Waals surface area contributed by atoms with Crippen LogP contribution in [0.25, 0.3) is 0 Å². The Hall–Kier alpha value is -2.43. The average Bonchev–Trinajstić information content (AvgIpc) is 2.94. The van der Waals surface area contributed by atoms with Crippen molar-refractivity contribution in [3.05, 3.63) is 59.7 Å². The molecule has 0 aromatic heterocycles. The van der Waals surface area contributed by atoms with Crippen molar-refractivity contribution in [2.75, 3.05) is 23.3 Å². The number of carbonyl (C=O) groups excluding carboxylic acids is 1. The standard InChI is InChI=1S/C17H16F2N2O/c18-13-5-3-6-14(19)17(13)20-10-8-16(22)21-11-9-12-4-1-2-7-15(12)21/h1-7,20H,8-11H2. The van der Waals surface area contributed by atoms with Crippen LogP contribution in [0, 0.1) is 11.6 Å². The number of nitrogens with one attached hydrogen (secondary N) is 1. The van der Waals surface area contributed by atoms with Crippen LogP contribution in [-0.2, 0) is 11.2 Å². The largest absolute Gasteiger partial charge is 0.380 e. The molecule has 1 N–H and O–H groups in total. The Kier molecular flexibility index (Phi) is 4.04. The molecule has 1 heterocycles. The lowest BCUT2D eigenvalue weighted by Gasteiger charge is -2.17. The van der Waals surface area contributed by atoms with Crippen LogP contribution in [0.4, 0.5) is 20.2 Å². The van der Waals surface area contributed by atoms with Crippen LogP contribution in [-0.4, -0.2) is 19.0 Å². The summed E-state index contributed by atoms with van der Waals surface area (Å²) in [6.45, 7) is 0.849. The molecular weight excluding hydrogens is 286 g/mol. The molecule has 3 nitrogen and oxygen atoms in total. The molecule has 0 aliphatic carbocycles. The van der Waals surface area contributed by atoms with Gasteiger partial charge in [-0.05, 0) is 30.2 Å². The van der Waals surface area contributed by atoms with Crippen molar-refractivity contribution in [2.45, 2.75) is 12.8 Å². The van der Waals surface area contributed by atoms with Crippen LogP contribution in [0.5, 0.6) is 0 Å². The highest BCUT2D eigenvalue weighted by molar-refractivity contribution is 5.95. The van der Waals surface area contributed by atoms with E-state index in [9.17, 15) is 13.6 Å². The minimum atomic E-state index is -0.654. The van der Waals surface area contributed by atoms with Gasteiger partial charge in [-0.1, -0.05) is 24.3 Å². The van der Waals surface area contributed by atoms with Crippen LogP contribution in [0.15, 0.2) is 42.5 Å². The molecule has 1 aliphatic rings. The molecule has 1 aliphatic heterocycles. The van der Waals surface area contributed by atoms with E-state index in [4.69, 9.17) is 0 Å². The van der Waals surface area contributed by atoms with E-state index in [1.54, 1.807) is 4.90 Å². The molecule has 5 heteroatoms. The normalized spacial score (nSPS) is 13.1. The number of anilines is 2. The lowest BCUT2D eigenvalue weighted by Crippen LogP contribution is -2.30. The smallest absolute Gasteiger partial charge is 0.228 e. The van der Waals surface area contributed by atoms with Gasteiger partial charge >= 0.3 is 0 Å². The summed E-state index contributed by atoms with van der Waals surface area (Å²) in [5, 5.41) is 2.66. The van der Waals surface area contributed by atoms with Gasteiger partial charge in [0.25, 0.3) is 0 Å². The van der Waals surface area contributed by atoms with E-state index in [1.807, 2.05) is 24.3 Å². The zero-order valence-electron chi connectivity index (χ0n) is 12.0. The fourth-order valence-corrected chi connectivity index (χ4v) is 2.69. The van der Waals surface area contributed by atoms with Crippen LogP contribution < -0.4 is 10.2 Å². The Bertz CT molecular complexity index is 683. The predicted molar refractivity (Wildman–Crippen MR) is 82.0 cm³/mol. The molecule has 1 amide bonds. The van der Waals surface area contributed by atoms with Crippen LogP contribution in [0.3, 0.4) is 0 Å². The molecule has 0 bridgehead atoms. The number of fused-ring (bicyclic) bond motifs is 1. The third kappa shape index (κ3) is 2.79. The van der Waals surface area contributed by atoms with E-state index >= 15 is 0 Å². The Balaban J connectivity index is 1.60. The molecule has 0 unspecified atom stereocenters. The fourth-order valence-electron chi connectivity index (χ4n) is 2.69. The van der Waals surface area contributed by atoms with Crippen molar-refractivity contribution < 1.29 is 13.6 Å². The van der Waals surface area contributed by atoms with Gasteiger partial charge in [0.2, 0.25) is 5.91 Å². The second-order valence-electron chi connectivity index (χ2n) is 5.20. The van der Waals surface area contributed by atoms with Gasteiger partial charge < -0.3 is 10.2 Å². The zero-order valence-corrected chi connectivity index (χ0v) is 12.0. The monoisotopic (exact) mass is 302 g/mol. The highest BCUT2D eigenvalue weighted by Gasteiger charge is 2.23. The van der Waals surface area contributed by atoms with Gasteiger partial charge in [0.05, 0.1) is 0 Å². The topological polar surface area (TPSA) is 32.3 Å². The van der Waals surface area contributed by atoms with E-state index in [2.05, 4.69) is 5.32 Å². The number of amides is 1. The summed E-state index contributed by atoms with van der Waals surface area (Å²) in [7, 11) is 0. The van der Waals surface area contributed by atoms with E-state index in [0.29, 0.717) is 6.54 Å². The minimum absolute atomic E-state index is 0.0470. The van der Waals surface area contributed by atoms with Crippen molar-refractivity contribution in [1.29, 1.82) is 0 Å². The van der Waals surface area contributed by atoms with Crippen LogP contribution in [0.1, 0.15) is 12.0 Å². The lowest BCUT2D eigenvalue weighted by molar-refractivity contribution is -0.118. The Morgan fingerprint density at radius 3 is 2.59 bits per heavy atom. The average molecular weight is 302 g/mol. The van der Waals surface area contributed by atoms with Crippen molar-refractivity contribution in [3.63, 3.8) is 0 Å². The number of nitrogens with zero attached hydrogens (tertiary/aromatic N) is 1. The highest BCUT2D eigenvalue weighted by Crippen LogP contribution is 2.28. The maximum Gasteiger partial charge on any atom is 0.228 e. The molecule has 22 heavy (non-hydrogen) atoms. The number of hydrogen-bond donors (Lipinski definition) is 1. The molecule has 0 saturated heterocycles. The van der Waals surface area contributed by atoms with Gasteiger partial charge in [0.15, 0.2) is 0 Å². The van der Waals surface area contributed by atoms with Gasteiger partial charge in [0.1, 0.15) is 17.3 Å². The Morgan fingerprint density at radius 1 is 1.09 bits per heavy atom. The Morgan fingerprint density at radius 2 is 1.82 bits per heavy atom. The van der Waals surface area contributed by atoms with Crippen LogP contribution in [0.2, 0.25) is 0 Å². The molecule has 0 spiro atoms.